The first-order chi connectivity index (χ1) is 4.16. The Morgan fingerprint density at radius 3 is 2.67 bits per heavy atom. The van der Waals surface area contributed by atoms with Gasteiger partial charge in [-0.3, -0.25) is 0 Å². The molecule has 0 radical (unpaired) electrons. The topological polar surface area (TPSA) is 0 Å². The Hall–Kier alpha value is 0.380. The van der Waals surface area contributed by atoms with Gasteiger partial charge in [0, 0.05) is 10.3 Å². The highest BCUT2D eigenvalue weighted by molar-refractivity contribution is 7.80. The van der Waals surface area contributed by atoms with Crippen molar-refractivity contribution in [2.75, 3.05) is 0 Å². The number of hydrogen-bond acceptors (Lipinski definition) is 1. The third-order valence-corrected chi connectivity index (χ3v) is 1.65. The van der Waals surface area contributed by atoms with Gasteiger partial charge in [0.1, 0.15) is 0 Å². The van der Waals surface area contributed by atoms with Crippen LogP contribution in [0.2, 0.25) is 0 Å². The molecule has 0 aliphatic carbocycles. The van der Waals surface area contributed by atoms with Crippen LogP contribution < -0.4 is 0 Å². The van der Waals surface area contributed by atoms with E-state index < -0.39 is 0 Å². The Labute approximate surface area is 67.7 Å². The monoisotopic (exact) mass is 164 g/mol. The minimum atomic E-state index is 0.422. The molecule has 0 saturated heterocycles. The van der Waals surface area contributed by atoms with Crippen LogP contribution in [0.5, 0.6) is 0 Å². The van der Waals surface area contributed by atoms with Gasteiger partial charge in [0.15, 0.2) is 0 Å². The van der Waals surface area contributed by atoms with Crippen molar-refractivity contribution < 1.29 is 0 Å². The molecule has 9 heavy (non-hydrogen) atoms. The summed E-state index contributed by atoms with van der Waals surface area (Å²) in [5, 5.41) is 1.36. The standard InChI is InChI=1S/C7H13ClS/c1-3-7(8)5-4-6(2)9/h5-6,9H,3-4H2,1-2H3/b7-5+. The summed E-state index contributed by atoms with van der Waals surface area (Å²) in [6, 6.07) is 0. The van der Waals surface area contributed by atoms with Gasteiger partial charge >= 0.3 is 0 Å². The Kier molecular flexibility index (Phi) is 5.41. The van der Waals surface area contributed by atoms with Gasteiger partial charge in [-0.25, -0.2) is 0 Å². The molecule has 0 nitrogen and oxygen atoms in total. The van der Waals surface area contributed by atoms with E-state index in [2.05, 4.69) is 19.6 Å². The lowest BCUT2D eigenvalue weighted by atomic mass is 10.3. The SMILES string of the molecule is CC/C(Cl)=C\CC(C)S. The van der Waals surface area contributed by atoms with Crippen molar-refractivity contribution in [2.24, 2.45) is 0 Å². The Morgan fingerprint density at radius 1 is 1.78 bits per heavy atom. The molecular weight excluding hydrogens is 152 g/mol. The predicted octanol–water partition coefficient (Wildman–Crippen LogP) is 3.23. The zero-order valence-corrected chi connectivity index (χ0v) is 7.54. The molecular formula is C7H13ClS. The molecule has 54 valence electrons. The van der Waals surface area contributed by atoms with Crippen molar-refractivity contribution in [3.05, 3.63) is 11.1 Å². The van der Waals surface area contributed by atoms with Crippen LogP contribution in [0.3, 0.4) is 0 Å². The smallest absolute Gasteiger partial charge is 0.0138 e. The van der Waals surface area contributed by atoms with Crippen LogP contribution in [0.15, 0.2) is 11.1 Å². The van der Waals surface area contributed by atoms with Crippen LogP contribution in [-0.2, 0) is 0 Å². The summed E-state index contributed by atoms with van der Waals surface area (Å²) >= 11 is 9.94. The summed E-state index contributed by atoms with van der Waals surface area (Å²) in [5.41, 5.74) is 0. The fraction of sp³-hybridized carbons (Fsp3) is 0.714. The van der Waals surface area contributed by atoms with Gasteiger partial charge in [0.2, 0.25) is 0 Å². The maximum absolute atomic E-state index is 5.74. The fourth-order valence-corrected chi connectivity index (χ4v) is 0.637. The summed E-state index contributed by atoms with van der Waals surface area (Å²) < 4.78 is 0. The highest BCUT2D eigenvalue weighted by Crippen LogP contribution is 2.09. The second-order valence-corrected chi connectivity index (χ2v) is 3.46. The van der Waals surface area contributed by atoms with Crippen molar-refractivity contribution >= 4 is 24.2 Å². The highest BCUT2D eigenvalue weighted by atomic mass is 35.5. The third kappa shape index (κ3) is 6.26. The Balaban J connectivity index is 3.43. The molecule has 0 N–H and O–H groups in total. The van der Waals surface area contributed by atoms with Gasteiger partial charge in [-0.05, 0) is 12.8 Å². The summed E-state index contributed by atoms with van der Waals surface area (Å²) in [5.74, 6) is 0. The van der Waals surface area contributed by atoms with E-state index in [9.17, 15) is 0 Å². The molecule has 1 unspecified atom stereocenters. The average Bonchev–Trinajstić information content (AvgIpc) is 1.83. The largest absolute Gasteiger partial charge is 0.176 e. The maximum atomic E-state index is 5.74. The first-order valence-corrected chi connectivity index (χ1v) is 4.08. The second kappa shape index (κ2) is 5.19. The van der Waals surface area contributed by atoms with Gasteiger partial charge in [-0.1, -0.05) is 31.5 Å². The van der Waals surface area contributed by atoms with E-state index in [-0.39, 0.29) is 0 Å². The summed E-state index contributed by atoms with van der Waals surface area (Å²) in [6.45, 7) is 4.10. The fourth-order valence-electron chi connectivity index (χ4n) is 0.443. The molecule has 0 bridgehead atoms. The Morgan fingerprint density at radius 2 is 2.33 bits per heavy atom. The van der Waals surface area contributed by atoms with Crippen LogP contribution in [0.25, 0.3) is 0 Å². The molecule has 0 aromatic rings. The highest BCUT2D eigenvalue weighted by Gasteiger charge is 1.90. The van der Waals surface area contributed by atoms with E-state index in [1.807, 2.05) is 13.0 Å². The van der Waals surface area contributed by atoms with Crippen LogP contribution in [0.4, 0.5) is 0 Å². The minimum Gasteiger partial charge on any atom is -0.176 e. The lowest BCUT2D eigenvalue weighted by Crippen LogP contribution is -1.86. The van der Waals surface area contributed by atoms with E-state index in [0.29, 0.717) is 5.25 Å². The van der Waals surface area contributed by atoms with Crippen molar-refractivity contribution in [3.63, 3.8) is 0 Å². The Bertz CT molecular complexity index is 97.1. The molecule has 0 aromatic heterocycles. The second-order valence-electron chi connectivity index (χ2n) is 2.09. The minimum absolute atomic E-state index is 0.422. The third-order valence-electron chi connectivity index (χ3n) is 1.02. The molecule has 0 fully saturated rings. The van der Waals surface area contributed by atoms with Gasteiger partial charge in [0.05, 0.1) is 0 Å². The molecule has 0 aromatic carbocycles. The zero-order valence-electron chi connectivity index (χ0n) is 5.89. The molecule has 0 amide bonds. The van der Waals surface area contributed by atoms with Crippen molar-refractivity contribution in [1.82, 2.24) is 0 Å². The number of thiol groups is 1. The van der Waals surface area contributed by atoms with Crippen molar-refractivity contribution in [1.29, 1.82) is 0 Å². The van der Waals surface area contributed by atoms with E-state index in [1.165, 1.54) is 0 Å². The van der Waals surface area contributed by atoms with Crippen LogP contribution in [-0.4, -0.2) is 5.25 Å². The average molecular weight is 165 g/mol. The van der Waals surface area contributed by atoms with Crippen LogP contribution >= 0.6 is 24.2 Å². The summed E-state index contributed by atoms with van der Waals surface area (Å²) in [4.78, 5) is 0. The zero-order chi connectivity index (χ0) is 7.28. The predicted molar refractivity (Wildman–Crippen MR) is 47.3 cm³/mol. The molecule has 0 aliphatic rings. The van der Waals surface area contributed by atoms with Gasteiger partial charge < -0.3 is 0 Å². The van der Waals surface area contributed by atoms with E-state index >= 15 is 0 Å². The molecule has 0 rings (SSSR count). The molecule has 2 heteroatoms. The first-order valence-electron chi connectivity index (χ1n) is 3.19. The number of rotatable bonds is 3. The molecule has 0 heterocycles. The van der Waals surface area contributed by atoms with E-state index in [0.717, 1.165) is 17.9 Å². The van der Waals surface area contributed by atoms with E-state index in [1.54, 1.807) is 0 Å². The molecule has 0 aliphatic heterocycles. The molecule has 1 atom stereocenters. The number of halogens is 1. The quantitative estimate of drug-likeness (QED) is 0.609. The normalized spacial score (nSPS) is 15.8. The van der Waals surface area contributed by atoms with Crippen molar-refractivity contribution in [3.8, 4) is 0 Å². The first kappa shape index (κ1) is 9.38. The number of hydrogen-bond donors (Lipinski definition) is 1. The number of allylic oxidation sites excluding steroid dienone is 2. The van der Waals surface area contributed by atoms with E-state index in [4.69, 9.17) is 11.6 Å². The van der Waals surface area contributed by atoms with Gasteiger partial charge in [0.25, 0.3) is 0 Å². The molecule has 0 spiro atoms. The molecule has 0 saturated carbocycles. The lowest BCUT2D eigenvalue weighted by molar-refractivity contribution is 0.977. The van der Waals surface area contributed by atoms with Gasteiger partial charge in [-0.15, -0.1) is 0 Å². The van der Waals surface area contributed by atoms with Crippen molar-refractivity contribution in [2.45, 2.75) is 31.9 Å². The lowest BCUT2D eigenvalue weighted by Gasteiger charge is -1.97. The van der Waals surface area contributed by atoms with Crippen LogP contribution in [0, 0.1) is 0 Å². The summed E-state index contributed by atoms with van der Waals surface area (Å²) in [6.07, 6.45) is 3.93. The van der Waals surface area contributed by atoms with Gasteiger partial charge in [-0.2, -0.15) is 12.6 Å². The maximum Gasteiger partial charge on any atom is 0.0138 e. The summed E-state index contributed by atoms with van der Waals surface area (Å²) in [7, 11) is 0. The van der Waals surface area contributed by atoms with Crippen LogP contribution in [0.1, 0.15) is 26.7 Å².